The second-order valence-electron chi connectivity index (χ2n) is 3.24. The lowest BCUT2D eigenvalue weighted by atomic mass is 10.1. The molecule has 1 aromatic carbocycles. The van der Waals surface area contributed by atoms with Gasteiger partial charge < -0.3 is 10.5 Å². The molecule has 0 bridgehead atoms. The van der Waals surface area contributed by atoms with E-state index in [-0.39, 0.29) is 6.04 Å². The van der Waals surface area contributed by atoms with Crippen LogP contribution in [0.15, 0.2) is 28.7 Å². The van der Waals surface area contributed by atoms with Gasteiger partial charge in [-0.25, -0.2) is 0 Å². The first kappa shape index (κ1) is 11.7. The van der Waals surface area contributed by atoms with Gasteiger partial charge in [-0.2, -0.15) is 0 Å². The van der Waals surface area contributed by atoms with Crippen LogP contribution in [-0.4, -0.2) is 13.2 Å². The smallest absolute Gasteiger partial charge is 0.0659 e. The topological polar surface area (TPSA) is 35.2 Å². The summed E-state index contributed by atoms with van der Waals surface area (Å²) >= 11 is 3.42. The third-order valence-electron chi connectivity index (χ3n) is 1.92. The molecule has 0 fully saturated rings. The van der Waals surface area contributed by atoms with Gasteiger partial charge in [0.05, 0.1) is 12.6 Å². The summed E-state index contributed by atoms with van der Waals surface area (Å²) in [6.07, 6.45) is 1.03. The molecule has 0 saturated heterocycles. The number of benzene rings is 1. The fourth-order valence-electron chi connectivity index (χ4n) is 1.19. The minimum atomic E-state index is -0.0287. The highest BCUT2D eigenvalue weighted by atomic mass is 79.9. The SMILES string of the molecule is CCCOCC(N)c1cccc(Br)c1. The van der Waals surface area contributed by atoms with Gasteiger partial charge in [-0.15, -0.1) is 0 Å². The molecule has 0 saturated carbocycles. The molecule has 0 aromatic heterocycles. The Morgan fingerprint density at radius 1 is 1.50 bits per heavy atom. The van der Waals surface area contributed by atoms with Gasteiger partial charge in [-0.3, -0.25) is 0 Å². The minimum Gasteiger partial charge on any atom is -0.379 e. The van der Waals surface area contributed by atoms with Crippen LogP contribution in [-0.2, 0) is 4.74 Å². The lowest BCUT2D eigenvalue weighted by Crippen LogP contribution is -2.17. The van der Waals surface area contributed by atoms with E-state index in [0.717, 1.165) is 23.1 Å². The Morgan fingerprint density at radius 3 is 2.93 bits per heavy atom. The molecule has 3 heteroatoms. The maximum atomic E-state index is 5.96. The summed E-state index contributed by atoms with van der Waals surface area (Å²) in [6.45, 7) is 3.45. The van der Waals surface area contributed by atoms with Gasteiger partial charge in [-0.1, -0.05) is 35.0 Å². The molecule has 0 radical (unpaired) electrons. The molecular weight excluding hydrogens is 242 g/mol. The number of nitrogens with two attached hydrogens (primary N) is 1. The summed E-state index contributed by atoms with van der Waals surface area (Å²) in [4.78, 5) is 0. The third-order valence-corrected chi connectivity index (χ3v) is 2.42. The predicted molar refractivity (Wildman–Crippen MR) is 62.2 cm³/mol. The highest BCUT2D eigenvalue weighted by molar-refractivity contribution is 9.10. The average Bonchev–Trinajstić information content (AvgIpc) is 2.18. The average molecular weight is 258 g/mol. The Hall–Kier alpha value is -0.380. The molecule has 1 atom stereocenters. The van der Waals surface area contributed by atoms with Gasteiger partial charge >= 0.3 is 0 Å². The van der Waals surface area contributed by atoms with Gasteiger partial charge in [-0.05, 0) is 24.1 Å². The second kappa shape index (κ2) is 6.17. The fourth-order valence-corrected chi connectivity index (χ4v) is 1.61. The summed E-state index contributed by atoms with van der Waals surface area (Å²) in [5, 5.41) is 0. The summed E-state index contributed by atoms with van der Waals surface area (Å²) in [5.41, 5.74) is 7.07. The van der Waals surface area contributed by atoms with Crippen molar-refractivity contribution in [2.24, 2.45) is 5.73 Å². The molecule has 1 rings (SSSR count). The third kappa shape index (κ3) is 3.78. The molecule has 0 aliphatic rings. The molecule has 78 valence electrons. The van der Waals surface area contributed by atoms with Gasteiger partial charge in [0.2, 0.25) is 0 Å². The van der Waals surface area contributed by atoms with E-state index in [1.807, 2.05) is 24.3 Å². The second-order valence-corrected chi connectivity index (χ2v) is 4.15. The van der Waals surface area contributed by atoms with Crippen LogP contribution >= 0.6 is 15.9 Å². The van der Waals surface area contributed by atoms with Crippen LogP contribution in [0.1, 0.15) is 24.9 Å². The van der Waals surface area contributed by atoms with E-state index in [0.29, 0.717) is 6.61 Å². The number of hydrogen-bond donors (Lipinski definition) is 1. The van der Waals surface area contributed by atoms with Crippen LogP contribution < -0.4 is 5.73 Å². The Kier molecular flexibility index (Phi) is 5.15. The molecular formula is C11H16BrNO. The number of rotatable bonds is 5. The Bertz CT molecular complexity index is 278. The molecule has 2 N–H and O–H groups in total. The largest absolute Gasteiger partial charge is 0.379 e. The van der Waals surface area contributed by atoms with E-state index in [1.54, 1.807) is 0 Å². The van der Waals surface area contributed by atoms with E-state index in [4.69, 9.17) is 10.5 Å². The Morgan fingerprint density at radius 2 is 2.29 bits per heavy atom. The van der Waals surface area contributed by atoms with Crippen LogP contribution in [0, 0.1) is 0 Å². The lowest BCUT2D eigenvalue weighted by Gasteiger charge is -2.12. The summed E-state index contributed by atoms with van der Waals surface area (Å²) < 4.78 is 6.45. The van der Waals surface area contributed by atoms with Crippen molar-refractivity contribution in [1.82, 2.24) is 0 Å². The molecule has 2 nitrogen and oxygen atoms in total. The van der Waals surface area contributed by atoms with Crippen LogP contribution in [0.2, 0.25) is 0 Å². The fraction of sp³-hybridized carbons (Fsp3) is 0.455. The first-order valence-corrected chi connectivity index (χ1v) is 5.62. The molecule has 0 spiro atoms. The molecule has 0 aliphatic carbocycles. The predicted octanol–water partition coefficient (Wildman–Crippen LogP) is 2.88. The number of hydrogen-bond acceptors (Lipinski definition) is 2. The van der Waals surface area contributed by atoms with Crippen molar-refractivity contribution in [1.29, 1.82) is 0 Å². The lowest BCUT2D eigenvalue weighted by molar-refractivity contribution is 0.121. The monoisotopic (exact) mass is 257 g/mol. The molecule has 0 heterocycles. The van der Waals surface area contributed by atoms with E-state index < -0.39 is 0 Å². The van der Waals surface area contributed by atoms with Crippen LogP contribution in [0.4, 0.5) is 0 Å². The van der Waals surface area contributed by atoms with Crippen LogP contribution in [0.5, 0.6) is 0 Å². The molecule has 1 unspecified atom stereocenters. The van der Waals surface area contributed by atoms with Gasteiger partial charge in [0.15, 0.2) is 0 Å². The van der Waals surface area contributed by atoms with Crippen molar-refractivity contribution in [3.63, 3.8) is 0 Å². The summed E-state index contributed by atoms with van der Waals surface area (Å²) in [7, 11) is 0. The van der Waals surface area contributed by atoms with Crippen molar-refractivity contribution in [3.8, 4) is 0 Å². The minimum absolute atomic E-state index is 0.0287. The van der Waals surface area contributed by atoms with Crippen molar-refractivity contribution in [3.05, 3.63) is 34.3 Å². The standard InChI is InChI=1S/C11H16BrNO/c1-2-6-14-8-11(13)9-4-3-5-10(12)7-9/h3-5,7,11H,2,6,8,13H2,1H3. The van der Waals surface area contributed by atoms with Crippen molar-refractivity contribution in [2.45, 2.75) is 19.4 Å². The van der Waals surface area contributed by atoms with Crippen molar-refractivity contribution >= 4 is 15.9 Å². The van der Waals surface area contributed by atoms with E-state index >= 15 is 0 Å². The quantitative estimate of drug-likeness (QED) is 0.824. The number of halogens is 1. The van der Waals surface area contributed by atoms with Crippen molar-refractivity contribution in [2.75, 3.05) is 13.2 Å². The maximum Gasteiger partial charge on any atom is 0.0659 e. The Labute approximate surface area is 93.6 Å². The van der Waals surface area contributed by atoms with E-state index in [1.165, 1.54) is 0 Å². The highest BCUT2D eigenvalue weighted by Gasteiger charge is 2.05. The normalized spacial score (nSPS) is 12.8. The van der Waals surface area contributed by atoms with Crippen molar-refractivity contribution < 1.29 is 4.74 Å². The van der Waals surface area contributed by atoms with Crippen LogP contribution in [0.3, 0.4) is 0 Å². The van der Waals surface area contributed by atoms with Gasteiger partial charge in [0.25, 0.3) is 0 Å². The maximum absolute atomic E-state index is 5.96. The summed E-state index contributed by atoms with van der Waals surface area (Å²) in [6, 6.07) is 7.99. The van der Waals surface area contributed by atoms with E-state index in [2.05, 4.69) is 22.9 Å². The highest BCUT2D eigenvalue weighted by Crippen LogP contribution is 2.16. The molecule has 0 aliphatic heterocycles. The first-order chi connectivity index (χ1) is 6.74. The summed E-state index contributed by atoms with van der Waals surface area (Å²) in [5.74, 6) is 0. The zero-order valence-corrected chi connectivity index (χ0v) is 9.96. The zero-order valence-electron chi connectivity index (χ0n) is 8.37. The van der Waals surface area contributed by atoms with E-state index in [9.17, 15) is 0 Å². The Balaban J connectivity index is 2.47. The van der Waals surface area contributed by atoms with Gasteiger partial charge in [0, 0.05) is 11.1 Å². The van der Waals surface area contributed by atoms with Gasteiger partial charge in [0.1, 0.15) is 0 Å². The molecule has 14 heavy (non-hydrogen) atoms. The molecule has 0 amide bonds. The first-order valence-electron chi connectivity index (χ1n) is 4.83. The number of ether oxygens (including phenoxy) is 1. The zero-order chi connectivity index (χ0) is 10.4. The molecule has 1 aromatic rings. The van der Waals surface area contributed by atoms with Crippen LogP contribution in [0.25, 0.3) is 0 Å².